The molecule has 1 heterocycles. The molecule has 14 heavy (non-hydrogen) atoms. The molecule has 1 nitrogen and oxygen atoms in total. The monoisotopic (exact) mass is 227 g/mol. The molecule has 1 aromatic heterocycles. The maximum absolute atomic E-state index is 4.48. The number of thioether (sulfide) groups is 1. The third kappa shape index (κ3) is 3.93. The second kappa shape index (κ2) is 5.66. The van der Waals surface area contributed by atoms with Gasteiger partial charge in [0.25, 0.3) is 0 Å². The molecule has 0 aliphatic rings. The van der Waals surface area contributed by atoms with E-state index in [1.165, 1.54) is 5.56 Å². The van der Waals surface area contributed by atoms with E-state index in [0.29, 0.717) is 5.92 Å². The van der Waals surface area contributed by atoms with Crippen LogP contribution in [0.4, 0.5) is 0 Å². The SMILES string of the molecule is Cc1cc(C)nc(SCC(C)CS)c1. The Morgan fingerprint density at radius 1 is 1.43 bits per heavy atom. The Labute approximate surface area is 96.1 Å². The first-order chi connectivity index (χ1) is 6.61. The zero-order chi connectivity index (χ0) is 10.6. The molecule has 0 saturated carbocycles. The fourth-order valence-electron chi connectivity index (χ4n) is 1.16. The summed E-state index contributed by atoms with van der Waals surface area (Å²) in [6.07, 6.45) is 0. The van der Waals surface area contributed by atoms with Crippen LogP contribution in [0.15, 0.2) is 17.2 Å². The van der Waals surface area contributed by atoms with Crippen LogP contribution in [-0.4, -0.2) is 16.5 Å². The smallest absolute Gasteiger partial charge is 0.0965 e. The minimum absolute atomic E-state index is 0.644. The molecule has 3 heteroatoms. The molecule has 0 amide bonds. The van der Waals surface area contributed by atoms with Gasteiger partial charge in [0.2, 0.25) is 0 Å². The summed E-state index contributed by atoms with van der Waals surface area (Å²) >= 11 is 6.09. The van der Waals surface area contributed by atoms with Crippen molar-refractivity contribution in [3.05, 3.63) is 23.4 Å². The fraction of sp³-hybridized carbons (Fsp3) is 0.545. The van der Waals surface area contributed by atoms with Crippen LogP contribution in [0.5, 0.6) is 0 Å². The van der Waals surface area contributed by atoms with Gasteiger partial charge in [-0.05, 0) is 43.2 Å². The lowest BCUT2D eigenvalue weighted by atomic mass is 10.2. The third-order valence-electron chi connectivity index (χ3n) is 1.90. The van der Waals surface area contributed by atoms with Gasteiger partial charge in [-0.1, -0.05) is 6.92 Å². The molecule has 0 bridgehead atoms. The first-order valence-electron chi connectivity index (χ1n) is 4.80. The maximum Gasteiger partial charge on any atom is 0.0965 e. The van der Waals surface area contributed by atoms with Crippen molar-refractivity contribution in [2.45, 2.75) is 25.8 Å². The zero-order valence-corrected chi connectivity index (χ0v) is 10.7. The molecule has 0 N–H and O–H groups in total. The van der Waals surface area contributed by atoms with Gasteiger partial charge in [-0.15, -0.1) is 11.8 Å². The predicted molar refractivity (Wildman–Crippen MR) is 67.5 cm³/mol. The van der Waals surface area contributed by atoms with Crippen molar-refractivity contribution in [1.82, 2.24) is 4.98 Å². The minimum atomic E-state index is 0.644. The predicted octanol–water partition coefficient (Wildman–Crippen LogP) is 3.36. The second-order valence-corrected chi connectivity index (χ2v) is 5.13. The van der Waals surface area contributed by atoms with Gasteiger partial charge in [0.1, 0.15) is 0 Å². The normalized spacial score (nSPS) is 12.9. The fourth-order valence-corrected chi connectivity index (χ4v) is 2.51. The van der Waals surface area contributed by atoms with Gasteiger partial charge >= 0.3 is 0 Å². The standard InChI is InChI=1S/C11H17NS2/c1-8-4-10(3)12-11(5-8)14-7-9(2)6-13/h4-5,9,13H,6-7H2,1-3H3. The van der Waals surface area contributed by atoms with Crippen molar-refractivity contribution in [3.8, 4) is 0 Å². The van der Waals surface area contributed by atoms with E-state index in [1.54, 1.807) is 0 Å². The lowest BCUT2D eigenvalue weighted by Crippen LogP contribution is -2.00. The van der Waals surface area contributed by atoms with E-state index in [9.17, 15) is 0 Å². The molecule has 0 radical (unpaired) electrons. The van der Waals surface area contributed by atoms with Crippen LogP contribution in [0.3, 0.4) is 0 Å². The topological polar surface area (TPSA) is 12.9 Å². The lowest BCUT2D eigenvalue weighted by molar-refractivity contribution is 0.765. The summed E-state index contributed by atoms with van der Waals surface area (Å²) in [5, 5.41) is 1.14. The molecule has 0 aromatic carbocycles. The molecule has 0 saturated heterocycles. The Morgan fingerprint density at radius 2 is 2.14 bits per heavy atom. The highest BCUT2D eigenvalue weighted by Gasteiger charge is 2.02. The van der Waals surface area contributed by atoms with Crippen molar-refractivity contribution in [3.63, 3.8) is 0 Å². The molecule has 78 valence electrons. The van der Waals surface area contributed by atoms with Gasteiger partial charge in [0, 0.05) is 11.4 Å². The summed E-state index contributed by atoms with van der Waals surface area (Å²) in [4.78, 5) is 4.48. The summed E-state index contributed by atoms with van der Waals surface area (Å²) in [5.41, 5.74) is 2.39. The molecule has 1 rings (SSSR count). The summed E-state index contributed by atoms with van der Waals surface area (Å²) in [6, 6.07) is 4.25. The third-order valence-corrected chi connectivity index (χ3v) is 3.77. The Kier molecular flexibility index (Phi) is 4.82. The molecule has 0 aliphatic carbocycles. The molecule has 0 fully saturated rings. The quantitative estimate of drug-likeness (QED) is 0.626. The van der Waals surface area contributed by atoms with E-state index < -0.39 is 0 Å². The maximum atomic E-state index is 4.48. The number of pyridine rings is 1. The second-order valence-electron chi connectivity index (χ2n) is 3.72. The van der Waals surface area contributed by atoms with E-state index in [0.717, 1.165) is 22.2 Å². The van der Waals surface area contributed by atoms with Crippen LogP contribution in [0.25, 0.3) is 0 Å². The van der Waals surface area contributed by atoms with Gasteiger partial charge in [0.15, 0.2) is 0 Å². The van der Waals surface area contributed by atoms with Crippen LogP contribution in [0.1, 0.15) is 18.2 Å². The largest absolute Gasteiger partial charge is 0.247 e. The number of hydrogen-bond acceptors (Lipinski definition) is 3. The van der Waals surface area contributed by atoms with E-state index in [2.05, 4.69) is 43.6 Å². The minimum Gasteiger partial charge on any atom is -0.247 e. The number of rotatable bonds is 4. The summed E-state index contributed by atoms with van der Waals surface area (Å²) in [6.45, 7) is 6.36. The Bertz CT molecular complexity index is 279. The lowest BCUT2D eigenvalue weighted by Gasteiger charge is -2.07. The highest BCUT2D eigenvalue weighted by Crippen LogP contribution is 2.20. The molecular formula is C11H17NS2. The molecule has 1 aromatic rings. The molecule has 0 spiro atoms. The Morgan fingerprint density at radius 3 is 2.71 bits per heavy atom. The summed E-state index contributed by atoms with van der Waals surface area (Å²) in [7, 11) is 0. The van der Waals surface area contributed by atoms with Crippen molar-refractivity contribution >= 4 is 24.4 Å². The summed E-state index contributed by atoms with van der Waals surface area (Å²) < 4.78 is 0. The van der Waals surface area contributed by atoms with E-state index >= 15 is 0 Å². The van der Waals surface area contributed by atoms with Gasteiger partial charge in [-0.25, -0.2) is 4.98 Å². The van der Waals surface area contributed by atoms with Crippen LogP contribution in [-0.2, 0) is 0 Å². The van der Waals surface area contributed by atoms with E-state index in [1.807, 2.05) is 18.7 Å². The first-order valence-corrected chi connectivity index (χ1v) is 6.42. The van der Waals surface area contributed by atoms with Gasteiger partial charge in [0.05, 0.1) is 5.03 Å². The van der Waals surface area contributed by atoms with Gasteiger partial charge < -0.3 is 0 Å². The van der Waals surface area contributed by atoms with Gasteiger partial charge in [-0.2, -0.15) is 12.6 Å². The Balaban J connectivity index is 2.58. The molecule has 1 atom stereocenters. The Hall–Kier alpha value is -0.150. The average molecular weight is 227 g/mol. The number of nitrogens with zero attached hydrogens (tertiary/aromatic N) is 1. The van der Waals surface area contributed by atoms with Crippen molar-refractivity contribution in [1.29, 1.82) is 0 Å². The number of hydrogen-bond donors (Lipinski definition) is 1. The number of thiol groups is 1. The van der Waals surface area contributed by atoms with Crippen molar-refractivity contribution in [2.24, 2.45) is 5.92 Å². The highest BCUT2D eigenvalue weighted by atomic mass is 32.2. The molecule has 1 unspecified atom stereocenters. The summed E-state index contributed by atoms with van der Waals surface area (Å²) in [5.74, 6) is 2.68. The first kappa shape index (κ1) is 11.9. The molecule has 0 aliphatic heterocycles. The van der Waals surface area contributed by atoms with Crippen LogP contribution in [0, 0.1) is 19.8 Å². The molecular weight excluding hydrogens is 210 g/mol. The van der Waals surface area contributed by atoms with Crippen molar-refractivity contribution in [2.75, 3.05) is 11.5 Å². The van der Waals surface area contributed by atoms with Crippen molar-refractivity contribution < 1.29 is 0 Å². The average Bonchev–Trinajstić information content (AvgIpc) is 2.12. The van der Waals surface area contributed by atoms with Gasteiger partial charge in [-0.3, -0.25) is 0 Å². The van der Waals surface area contributed by atoms with Crippen LogP contribution < -0.4 is 0 Å². The number of aromatic nitrogens is 1. The van der Waals surface area contributed by atoms with E-state index in [-0.39, 0.29) is 0 Å². The number of aryl methyl sites for hydroxylation is 2. The highest BCUT2D eigenvalue weighted by molar-refractivity contribution is 7.99. The zero-order valence-electron chi connectivity index (χ0n) is 8.95. The van der Waals surface area contributed by atoms with Crippen LogP contribution >= 0.6 is 24.4 Å². The van der Waals surface area contributed by atoms with E-state index in [4.69, 9.17) is 0 Å². The van der Waals surface area contributed by atoms with Crippen LogP contribution in [0.2, 0.25) is 0 Å².